The Morgan fingerprint density at radius 1 is 1.31 bits per heavy atom. The molecule has 6 nitrogen and oxygen atoms in total. The van der Waals surface area contributed by atoms with E-state index in [1.807, 2.05) is 42.2 Å². The fraction of sp³-hybridized carbons (Fsp3) is 0.400. The topological polar surface area (TPSA) is 74.7 Å². The second-order valence-corrected chi connectivity index (χ2v) is 6.59. The second kappa shape index (κ2) is 10.1. The van der Waals surface area contributed by atoms with Crippen molar-refractivity contribution in [1.82, 2.24) is 10.3 Å². The third kappa shape index (κ3) is 7.26. The van der Waals surface area contributed by atoms with E-state index in [4.69, 9.17) is 14.6 Å². The lowest BCUT2D eigenvalue weighted by Gasteiger charge is -2.35. The van der Waals surface area contributed by atoms with Crippen molar-refractivity contribution < 1.29 is 27.8 Å². The van der Waals surface area contributed by atoms with E-state index in [2.05, 4.69) is 10.3 Å². The van der Waals surface area contributed by atoms with Gasteiger partial charge in [-0.3, -0.25) is 4.79 Å². The molecule has 1 aliphatic rings. The highest BCUT2D eigenvalue weighted by Crippen LogP contribution is 2.34. The number of hydrogen-bond acceptors (Lipinski definition) is 5. The molecule has 0 unspecified atom stereocenters. The number of pyridine rings is 1. The van der Waals surface area contributed by atoms with Crippen molar-refractivity contribution in [2.24, 2.45) is 0 Å². The number of nitrogens with one attached hydrogen (secondary N) is 1. The summed E-state index contributed by atoms with van der Waals surface area (Å²) in [5.41, 5.74) is 0.130. The summed E-state index contributed by atoms with van der Waals surface area (Å²) in [4.78, 5) is 15.2. The summed E-state index contributed by atoms with van der Waals surface area (Å²) < 4.78 is 45.3. The summed E-state index contributed by atoms with van der Waals surface area (Å²) in [5.74, 6) is -0.550. The number of alkyl halides is 3. The second-order valence-electron chi connectivity index (χ2n) is 6.59. The highest BCUT2D eigenvalue weighted by molar-refractivity contribution is 5.62. The molecule has 0 aliphatic carbocycles. The van der Waals surface area contributed by atoms with Gasteiger partial charge >= 0.3 is 6.18 Å². The minimum absolute atomic E-state index is 0.0144. The number of benzene rings is 1. The monoisotopic (exact) mass is 411 g/mol. The van der Waals surface area contributed by atoms with E-state index < -0.39 is 17.7 Å². The van der Waals surface area contributed by atoms with Gasteiger partial charge in [0.05, 0.1) is 5.56 Å². The summed E-state index contributed by atoms with van der Waals surface area (Å²) in [6.45, 7) is 5.23. The largest absolute Gasteiger partial charge is 0.481 e. The Hall–Kier alpha value is -2.81. The summed E-state index contributed by atoms with van der Waals surface area (Å²) in [6, 6.07) is 11.4. The van der Waals surface area contributed by atoms with Crippen LogP contribution in [0.2, 0.25) is 0 Å². The fourth-order valence-corrected chi connectivity index (χ4v) is 2.79. The van der Waals surface area contributed by atoms with Crippen molar-refractivity contribution in [2.75, 3.05) is 24.5 Å². The standard InChI is InChI=1S/C18H20F3N3O.C2H4O2/c1-13-11-22-7-8-24(13)16-9-15(18(19,20)21)10-17(23-16)25-12-14-5-3-2-4-6-14;1-2(3)4/h2-6,9-10,13,22H,7-8,11-12H2,1H3;1H3,(H,3,4)/t13-;/m0./s1. The molecule has 2 aromatic rings. The van der Waals surface area contributed by atoms with Crippen molar-refractivity contribution in [3.63, 3.8) is 0 Å². The van der Waals surface area contributed by atoms with Gasteiger partial charge in [0.15, 0.2) is 0 Å². The van der Waals surface area contributed by atoms with Crippen LogP contribution in [0, 0.1) is 0 Å². The van der Waals surface area contributed by atoms with Gasteiger partial charge < -0.3 is 20.1 Å². The Morgan fingerprint density at radius 2 is 1.97 bits per heavy atom. The third-order valence-corrected chi connectivity index (χ3v) is 4.14. The predicted octanol–water partition coefficient (Wildman–Crippen LogP) is 3.57. The molecule has 29 heavy (non-hydrogen) atoms. The van der Waals surface area contributed by atoms with E-state index >= 15 is 0 Å². The maximum atomic E-state index is 13.3. The first-order valence-electron chi connectivity index (χ1n) is 9.09. The summed E-state index contributed by atoms with van der Waals surface area (Å²) in [6.07, 6.45) is -4.44. The van der Waals surface area contributed by atoms with Crippen LogP contribution in [0.15, 0.2) is 42.5 Å². The van der Waals surface area contributed by atoms with Crippen LogP contribution in [0.4, 0.5) is 19.0 Å². The molecule has 0 bridgehead atoms. The molecule has 1 aliphatic heterocycles. The normalized spacial score (nSPS) is 16.6. The molecule has 1 saturated heterocycles. The van der Waals surface area contributed by atoms with Crippen molar-refractivity contribution >= 4 is 11.8 Å². The highest BCUT2D eigenvalue weighted by atomic mass is 19.4. The Labute approximate surface area is 167 Å². The maximum absolute atomic E-state index is 13.3. The fourth-order valence-electron chi connectivity index (χ4n) is 2.79. The van der Waals surface area contributed by atoms with Crippen molar-refractivity contribution in [3.8, 4) is 5.88 Å². The van der Waals surface area contributed by atoms with Gasteiger partial charge in [0.1, 0.15) is 12.4 Å². The first-order chi connectivity index (χ1) is 13.7. The zero-order valence-electron chi connectivity index (χ0n) is 16.2. The van der Waals surface area contributed by atoms with Crippen LogP contribution in [0.1, 0.15) is 25.0 Å². The molecule has 2 N–H and O–H groups in total. The lowest BCUT2D eigenvalue weighted by Crippen LogP contribution is -2.50. The predicted molar refractivity (Wildman–Crippen MR) is 103 cm³/mol. The van der Waals surface area contributed by atoms with Crippen LogP contribution in [0.25, 0.3) is 0 Å². The van der Waals surface area contributed by atoms with Gasteiger partial charge in [-0.25, -0.2) is 0 Å². The molecule has 2 heterocycles. The average molecular weight is 411 g/mol. The molecule has 0 radical (unpaired) electrons. The van der Waals surface area contributed by atoms with Crippen LogP contribution in [0.3, 0.4) is 0 Å². The minimum Gasteiger partial charge on any atom is -0.481 e. The Bertz CT molecular complexity index is 797. The number of carboxylic acids is 1. The number of nitrogens with zero attached hydrogens (tertiary/aromatic N) is 2. The molecule has 0 amide bonds. The summed E-state index contributed by atoms with van der Waals surface area (Å²) in [5, 5.41) is 10.6. The van der Waals surface area contributed by atoms with Gasteiger partial charge in [-0.15, -0.1) is 0 Å². The number of ether oxygens (including phenoxy) is 1. The number of halogens is 3. The number of rotatable bonds is 4. The molecule has 158 valence electrons. The number of aliphatic carboxylic acids is 1. The number of piperazine rings is 1. The van der Waals surface area contributed by atoms with Crippen LogP contribution in [-0.4, -0.2) is 41.7 Å². The number of carboxylic acid groups (broad SMARTS) is 1. The molecule has 9 heteroatoms. The van der Waals surface area contributed by atoms with Gasteiger partial charge in [-0.2, -0.15) is 18.2 Å². The van der Waals surface area contributed by atoms with Crippen LogP contribution >= 0.6 is 0 Å². The zero-order valence-corrected chi connectivity index (χ0v) is 16.2. The number of anilines is 1. The van der Waals surface area contributed by atoms with Crippen LogP contribution in [-0.2, 0) is 17.6 Å². The SMILES string of the molecule is CC(=O)O.C[C@H]1CNCCN1c1cc(C(F)(F)F)cc(OCc2ccccc2)n1. The quantitative estimate of drug-likeness (QED) is 0.801. The molecule has 1 aromatic carbocycles. The minimum atomic E-state index is -4.44. The third-order valence-electron chi connectivity index (χ3n) is 4.14. The molecule has 0 spiro atoms. The maximum Gasteiger partial charge on any atom is 0.416 e. The molecule has 1 atom stereocenters. The smallest absolute Gasteiger partial charge is 0.416 e. The number of carbonyl (C=O) groups is 1. The summed E-state index contributed by atoms with van der Waals surface area (Å²) in [7, 11) is 0. The average Bonchev–Trinajstić information content (AvgIpc) is 2.66. The Balaban J connectivity index is 0.000000687. The lowest BCUT2D eigenvalue weighted by molar-refractivity contribution is -0.138. The van der Waals surface area contributed by atoms with Crippen LogP contribution < -0.4 is 15.0 Å². The Kier molecular flexibility index (Phi) is 7.83. The molecule has 1 fully saturated rings. The van der Waals surface area contributed by atoms with E-state index in [-0.39, 0.29) is 18.5 Å². The zero-order chi connectivity index (χ0) is 21.4. The number of hydrogen-bond donors (Lipinski definition) is 2. The van der Waals surface area contributed by atoms with Gasteiger partial charge in [0.25, 0.3) is 5.97 Å². The molecule has 0 saturated carbocycles. The first kappa shape index (κ1) is 22.5. The summed E-state index contributed by atoms with van der Waals surface area (Å²) >= 11 is 0. The van der Waals surface area contributed by atoms with Gasteiger partial charge in [0, 0.05) is 38.7 Å². The van der Waals surface area contributed by atoms with Gasteiger partial charge in [-0.05, 0) is 18.6 Å². The van der Waals surface area contributed by atoms with E-state index in [1.54, 1.807) is 0 Å². The van der Waals surface area contributed by atoms with Gasteiger partial charge in [0.2, 0.25) is 5.88 Å². The highest BCUT2D eigenvalue weighted by Gasteiger charge is 2.33. The van der Waals surface area contributed by atoms with E-state index in [0.717, 1.165) is 24.6 Å². The lowest BCUT2D eigenvalue weighted by atomic mass is 10.2. The Morgan fingerprint density at radius 3 is 2.55 bits per heavy atom. The van der Waals surface area contributed by atoms with E-state index in [1.165, 1.54) is 0 Å². The number of aromatic nitrogens is 1. The first-order valence-corrected chi connectivity index (χ1v) is 9.09. The van der Waals surface area contributed by atoms with Crippen molar-refractivity contribution in [2.45, 2.75) is 32.7 Å². The van der Waals surface area contributed by atoms with Crippen LogP contribution in [0.5, 0.6) is 5.88 Å². The molecular formula is C20H24F3N3O3. The van der Waals surface area contributed by atoms with Crippen molar-refractivity contribution in [3.05, 3.63) is 53.6 Å². The molecular weight excluding hydrogens is 387 g/mol. The molecule has 3 rings (SSSR count). The van der Waals surface area contributed by atoms with Crippen molar-refractivity contribution in [1.29, 1.82) is 0 Å². The van der Waals surface area contributed by atoms with E-state index in [0.29, 0.717) is 25.5 Å². The van der Waals surface area contributed by atoms with E-state index in [9.17, 15) is 13.2 Å². The van der Waals surface area contributed by atoms with Gasteiger partial charge in [-0.1, -0.05) is 30.3 Å². The molecule has 1 aromatic heterocycles.